The summed E-state index contributed by atoms with van der Waals surface area (Å²) in [4.78, 5) is 0. The fourth-order valence-electron chi connectivity index (χ4n) is 1.24. The van der Waals surface area contributed by atoms with Crippen molar-refractivity contribution in [1.82, 2.24) is 5.32 Å². The molecule has 1 fully saturated rings. The quantitative estimate of drug-likeness (QED) is 0.742. The van der Waals surface area contributed by atoms with Crippen LogP contribution >= 0.6 is 24.2 Å². The van der Waals surface area contributed by atoms with Crippen molar-refractivity contribution in [2.75, 3.05) is 18.8 Å². The highest BCUT2D eigenvalue weighted by atomic mass is 35.5. The first-order chi connectivity index (χ1) is 4.93. The second-order valence-electron chi connectivity index (χ2n) is 2.84. The molecule has 1 aliphatic heterocycles. The van der Waals surface area contributed by atoms with Crippen LogP contribution in [-0.4, -0.2) is 24.1 Å². The number of nitrogens with one attached hydrogen (secondary N) is 1. The van der Waals surface area contributed by atoms with E-state index in [1.165, 1.54) is 38.1 Å². The van der Waals surface area contributed by atoms with E-state index in [-0.39, 0.29) is 12.4 Å². The van der Waals surface area contributed by atoms with Gasteiger partial charge in [-0.1, -0.05) is 19.8 Å². The van der Waals surface area contributed by atoms with E-state index in [0.717, 1.165) is 5.25 Å². The third kappa shape index (κ3) is 4.94. The standard InChI is InChI=1S/C8H17NS.ClH/c1-2-3-4-8-7-9-5-6-10-8;/h8-9H,2-7H2,1H3;1H. The summed E-state index contributed by atoms with van der Waals surface area (Å²) in [6.45, 7) is 4.72. The molecular weight excluding hydrogens is 178 g/mol. The van der Waals surface area contributed by atoms with Gasteiger partial charge in [0.05, 0.1) is 0 Å². The Morgan fingerprint density at radius 2 is 2.36 bits per heavy atom. The van der Waals surface area contributed by atoms with Gasteiger partial charge in [-0.3, -0.25) is 0 Å². The minimum absolute atomic E-state index is 0. The third-order valence-corrected chi connectivity index (χ3v) is 3.20. The van der Waals surface area contributed by atoms with Crippen molar-refractivity contribution >= 4 is 24.2 Å². The zero-order valence-corrected chi connectivity index (χ0v) is 8.77. The maximum Gasteiger partial charge on any atom is 0.0172 e. The molecule has 0 bridgehead atoms. The lowest BCUT2D eigenvalue weighted by atomic mass is 10.2. The van der Waals surface area contributed by atoms with Crippen molar-refractivity contribution in [2.24, 2.45) is 0 Å². The summed E-state index contributed by atoms with van der Waals surface area (Å²) in [6, 6.07) is 0. The molecule has 68 valence electrons. The average Bonchev–Trinajstić information content (AvgIpc) is 2.03. The van der Waals surface area contributed by atoms with Gasteiger partial charge in [-0.05, 0) is 6.42 Å². The Bertz CT molecular complexity index is 84.2. The van der Waals surface area contributed by atoms with E-state index < -0.39 is 0 Å². The van der Waals surface area contributed by atoms with Gasteiger partial charge in [0, 0.05) is 24.1 Å². The third-order valence-electron chi connectivity index (χ3n) is 1.88. The van der Waals surface area contributed by atoms with Gasteiger partial charge in [0.2, 0.25) is 0 Å². The molecule has 0 aromatic rings. The molecule has 0 radical (unpaired) electrons. The zero-order chi connectivity index (χ0) is 7.23. The van der Waals surface area contributed by atoms with Crippen LogP contribution in [0.5, 0.6) is 0 Å². The van der Waals surface area contributed by atoms with Crippen molar-refractivity contribution in [3.8, 4) is 0 Å². The van der Waals surface area contributed by atoms with E-state index in [9.17, 15) is 0 Å². The maximum atomic E-state index is 3.42. The van der Waals surface area contributed by atoms with Crippen molar-refractivity contribution in [3.63, 3.8) is 0 Å². The van der Waals surface area contributed by atoms with Gasteiger partial charge in [0.25, 0.3) is 0 Å². The van der Waals surface area contributed by atoms with Crippen LogP contribution in [0.1, 0.15) is 26.2 Å². The van der Waals surface area contributed by atoms with E-state index >= 15 is 0 Å². The molecule has 0 amide bonds. The normalized spacial score (nSPS) is 24.3. The molecule has 1 aliphatic rings. The second kappa shape index (κ2) is 7.26. The summed E-state index contributed by atoms with van der Waals surface area (Å²) in [6.07, 6.45) is 4.16. The Kier molecular flexibility index (Phi) is 7.66. The van der Waals surface area contributed by atoms with E-state index in [2.05, 4.69) is 24.0 Å². The minimum atomic E-state index is 0. The van der Waals surface area contributed by atoms with Gasteiger partial charge in [0.1, 0.15) is 0 Å². The first-order valence-electron chi connectivity index (χ1n) is 4.26. The van der Waals surface area contributed by atoms with Crippen molar-refractivity contribution in [3.05, 3.63) is 0 Å². The fraction of sp³-hybridized carbons (Fsp3) is 1.00. The van der Waals surface area contributed by atoms with Crippen LogP contribution in [0.2, 0.25) is 0 Å². The summed E-state index contributed by atoms with van der Waals surface area (Å²) in [7, 11) is 0. The Morgan fingerprint density at radius 1 is 1.55 bits per heavy atom. The van der Waals surface area contributed by atoms with Gasteiger partial charge < -0.3 is 5.32 Å². The SMILES string of the molecule is CCCCC1CNCCS1.Cl. The molecule has 1 saturated heterocycles. The Morgan fingerprint density at radius 3 is 2.91 bits per heavy atom. The summed E-state index contributed by atoms with van der Waals surface area (Å²) < 4.78 is 0. The molecule has 11 heavy (non-hydrogen) atoms. The lowest BCUT2D eigenvalue weighted by molar-refractivity contribution is 0.610. The fourth-order valence-corrected chi connectivity index (χ4v) is 2.40. The monoisotopic (exact) mass is 195 g/mol. The largest absolute Gasteiger partial charge is 0.315 e. The van der Waals surface area contributed by atoms with Gasteiger partial charge in [-0.2, -0.15) is 11.8 Å². The van der Waals surface area contributed by atoms with Gasteiger partial charge in [-0.15, -0.1) is 12.4 Å². The summed E-state index contributed by atoms with van der Waals surface area (Å²) >= 11 is 2.14. The van der Waals surface area contributed by atoms with Gasteiger partial charge in [-0.25, -0.2) is 0 Å². The molecule has 0 saturated carbocycles. The number of hydrogen-bond acceptors (Lipinski definition) is 2. The average molecular weight is 196 g/mol. The van der Waals surface area contributed by atoms with Gasteiger partial charge >= 0.3 is 0 Å². The number of thioether (sulfide) groups is 1. The first-order valence-corrected chi connectivity index (χ1v) is 5.30. The molecular formula is C8H18ClNS. The Balaban J connectivity index is 0.000001000. The molecule has 1 heterocycles. The van der Waals surface area contributed by atoms with Crippen LogP contribution in [0.25, 0.3) is 0 Å². The van der Waals surface area contributed by atoms with Crippen molar-refractivity contribution in [1.29, 1.82) is 0 Å². The van der Waals surface area contributed by atoms with E-state index in [1.54, 1.807) is 0 Å². The molecule has 0 aromatic carbocycles. The summed E-state index contributed by atoms with van der Waals surface area (Å²) in [5, 5.41) is 4.33. The molecule has 1 rings (SSSR count). The van der Waals surface area contributed by atoms with Crippen LogP contribution in [-0.2, 0) is 0 Å². The topological polar surface area (TPSA) is 12.0 Å². The predicted octanol–water partition coefficient (Wildman–Crippen LogP) is 2.30. The summed E-state index contributed by atoms with van der Waals surface area (Å²) in [5.74, 6) is 1.31. The van der Waals surface area contributed by atoms with E-state index in [1.807, 2.05) is 0 Å². The van der Waals surface area contributed by atoms with Crippen LogP contribution in [0.4, 0.5) is 0 Å². The number of rotatable bonds is 3. The lowest BCUT2D eigenvalue weighted by Crippen LogP contribution is -2.32. The molecule has 1 atom stereocenters. The number of unbranched alkanes of at least 4 members (excludes halogenated alkanes) is 1. The predicted molar refractivity (Wildman–Crippen MR) is 55.9 cm³/mol. The molecule has 1 unspecified atom stereocenters. The van der Waals surface area contributed by atoms with Crippen LogP contribution in [0.3, 0.4) is 0 Å². The molecule has 3 heteroatoms. The van der Waals surface area contributed by atoms with Crippen molar-refractivity contribution in [2.45, 2.75) is 31.4 Å². The summed E-state index contributed by atoms with van der Waals surface area (Å²) in [5.41, 5.74) is 0. The highest BCUT2D eigenvalue weighted by Crippen LogP contribution is 2.18. The molecule has 0 aliphatic carbocycles. The molecule has 0 spiro atoms. The highest BCUT2D eigenvalue weighted by Gasteiger charge is 2.11. The first kappa shape index (κ1) is 11.6. The van der Waals surface area contributed by atoms with Crippen LogP contribution in [0, 0.1) is 0 Å². The van der Waals surface area contributed by atoms with Crippen molar-refractivity contribution < 1.29 is 0 Å². The Hall–Kier alpha value is 0.600. The molecule has 1 N–H and O–H groups in total. The van der Waals surface area contributed by atoms with E-state index in [0.29, 0.717) is 0 Å². The van der Waals surface area contributed by atoms with Crippen LogP contribution in [0.15, 0.2) is 0 Å². The minimum Gasteiger partial charge on any atom is -0.315 e. The molecule has 0 aromatic heterocycles. The zero-order valence-electron chi connectivity index (χ0n) is 7.14. The lowest BCUT2D eigenvalue weighted by Gasteiger charge is -2.21. The maximum absolute atomic E-state index is 3.42. The number of halogens is 1. The highest BCUT2D eigenvalue weighted by molar-refractivity contribution is 8.00. The van der Waals surface area contributed by atoms with E-state index in [4.69, 9.17) is 0 Å². The second-order valence-corrected chi connectivity index (χ2v) is 4.25. The molecule has 1 nitrogen and oxygen atoms in total. The smallest absolute Gasteiger partial charge is 0.0172 e. The number of hydrogen-bond donors (Lipinski definition) is 1. The van der Waals surface area contributed by atoms with Crippen LogP contribution < -0.4 is 5.32 Å². The van der Waals surface area contributed by atoms with Gasteiger partial charge in [0.15, 0.2) is 0 Å². The Labute approximate surface area is 80.1 Å².